The highest BCUT2D eigenvalue weighted by Gasteiger charge is 2.28. The molecule has 0 saturated heterocycles. The first-order valence-corrected chi connectivity index (χ1v) is 6.74. The summed E-state index contributed by atoms with van der Waals surface area (Å²) in [6.45, 7) is 3.46. The van der Waals surface area contributed by atoms with E-state index in [1.165, 1.54) is 12.4 Å². The maximum Gasteiger partial charge on any atom is 0.408 e. The van der Waals surface area contributed by atoms with Gasteiger partial charge in [0, 0.05) is 36.6 Å². The number of nitrogens with one attached hydrogen (secondary N) is 1. The summed E-state index contributed by atoms with van der Waals surface area (Å²) in [6.07, 6.45) is 1.40. The number of rotatable bonds is 6. The number of anilines is 1. The van der Waals surface area contributed by atoms with Gasteiger partial charge in [0.2, 0.25) is 0 Å². The van der Waals surface area contributed by atoms with Crippen molar-refractivity contribution in [1.29, 1.82) is 0 Å². The summed E-state index contributed by atoms with van der Waals surface area (Å²) in [4.78, 5) is 0. The first kappa shape index (κ1) is 18.3. The zero-order valence-electron chi connectivity index (χ0n) is 12.3. The minimum atomic E-state index is -4.26. The zero-order valence-corrected chi connectivity index (χ0v) is 13.2. The fraction of sp³-hybridized carbons (Fsp3) is 0.538. The van der Waals surface area contributed by atoms with Crippen LogP contribution < -0.4 is 5.32 Å². The molecule has 0 saturated carbocycles. The lowest BCUT2D eigenvalue weighted by atomic mass is 10.3. The number of hydrogen-bond acceptors (Lipinski definition) is 3. The smallest absolute Gasteiger partial charge is 0.364 e. The van der Waals surface area contributed by atoms with Crippen LogP contribution in [-0.4, -0.2) is 25.7 Å². The van der Waals surface area contributed by atoms with E-state index in [2.05, 4.69) is 29.4 Å². The van der Waals surface area contributed by atoms with Gasteiger partial charge in [0.25, 0.3) is 0 Å². The molecule has 2 rings (SSSR count). The van der Waals surface area contributed by atoms with Crippen molar-refractivity contribution in [1.82, 2.24) is 19.6 Å². The molecule has 0 bridgehead atoms. The Hall–Kier alpha value is -1.70. The predicted octanol–water partition coefficient (Wildman–Crippen LogP) is 3.65. The highest BCUT2D eigenvalue weighted by Crippen LogP contribution is 2.17. The van der Waals surface area contributed by atoms with Crippen LogP contribution in [0.1, 0.15) is 31.9 Å². The molecule has 0 amide bonds. The van der Waals surface area contributed by atoms with Crippen molar-refractivity contribution in [2.75, 3.05) is 5.32 Å². The normalized spacial score (nSPS) is 12.8. The molecule has 0 aromatic carbocycles. The molecule has 0 aliphatic rings. The van der Waals surface area contributed by atoms with Gasteiger partial charge in [-0.25, -0.2) is 0 Å². The van der Waals surface area contributed by atoms with Crippen LogP contribution in [0.4, 0.5) is 19.0 Å². The fourth-order valence-electron chi connectivity index (χ4n) is 1.83. The van der Waals surface area contributed by atoms with Crippen molar-refractivity contribution < 1.29 is 13.2 Å². The Labute approximate surface area is 132 Å². The third-order valence-electron chi connectivity index (χ3n) is 3.15. The summed E-state index contributed by atoms with van der Waals surface area (Å²) in [5.74, 6) is 0.693. The Morgan fingerprint density at radius 1 is 1.36 bits per heavy atom. The van der Waals surface area contributed by atoms with Gasteiger partial charge in [-0.2, -0.15) is 23.4 Å². The summed E-state index contributed by atoms with van der Waals surface area (Å²) < 4.78 is 39.4. The summed E-state index contributed by atoms with van der Waals surface area (Å²) in [5, 5.41) is 11.1. The summed E-state index contributed by atoms with van der Waals surface area (Å²) in [5.41, 5.74) is 0.678. The van der Waals surface area contributed by atoms with E-state index in [4.69, 9.17) is 0 Å². The van der Waals surface area contributed by atoms with Crippen LogP contribution in [0, 0.1) is 0 Å². The molecule has 1 unspecified atom stereocenters. The average molecular weight is 338 g/mol. The second-order valence-electron chi connectivity index (χ2n) is 4.95. The molecule has 9 heteroatoms. The van der Waals surface area contributed by atoms with Crippen molar-refractivity contribution in [3.8, 4) is 0 Å². The van der Waals surface area contributed by atoms with Gasteiger partial charge < -0.3 is 5.32 Å². The largest absolute Gasteiger partial charge is 0.408 e. The van der Waals surface area contributed by atoms with Gasteiger partial charge in [-0.05, 0) is 13.3 Å². The van der Waals surface area contributed by atoms with Crippen LogP contribution in [0.3, 0.4) is 0 Å². The molecule has 0 spiro atoms. The van der Waals surface area contributed by atoms with Crippen LogP contribution in [0.15, 0.2) is 24.7 Å². The standard InChI is InChI=1S/C13H18F3N5.ClH/c1-3-10(2)21-5-4-12(19-21)17-6-11-7-18-20(8-11)9-13(14,15)16;/h4-5,7-8,10H,3,6,9H2,1-2H3,(H,17,19);1H. The molecular weight excluding hydrogens is 319 g/mol. The van der Waals surface area contributed by atoms with Gasteiger partial charge in [0.1, 0.15) is 12.4 Å². The van der Waals surface area contributed by atoms with Crippen molar-refractivity contribution in [2.24, 2.45) is 0 Å². The molecule has 1 N–H and O–H groups in total. The van der Waals surface area contributed by atoms with E-state index >= 15 is 0 Å². The SMILES string of the molecule is CCC(C)n1ccc(NCc2cnn(CC(F)(F)F)c2)n1.Cl. The minimum absolute atomic E-state index is 0. The van der Waals surface area contributed by atoms with Crippen LogP contribution >= 0.6 is 12.4 Å². The molecule has 2 heterocycles. The predicted molar refractivity (Wildman–Crippen MR) is 80.1 cm³/mol. The van der Waals surface area contributed by atoms with Crippen LogP contribution in [0.25, 0.3) is 0 Å². The monoisotopic (exact) mass is 337 g/mol. The van der Waals surface area contributed by atoms with Crippen LogP contribution in [-0.2, 0) is 13.1 Å². The van der Waals surface area contributed by atoms with Gasteiger partial charge in [0.15, 0.2) is 0 Å². The maximum atomic E-state index is 12.2. The van der Waals surface area contributed by atoms with Crippen LogP contribution in [0.2, 0.25) is 0 Å². The molecule has 124 valence electrons. The van der Waals surface area contributed by atoms with Gasteiger partial charge in [-0.3, -0.25) is 9.36 Å². The summed E-state index contributed by atoms with van der Waals surface area (Å²) >= 11 is 0. The lowest BCUT2D eigenvalue weighted by molar-refractivity contribution is -0.142. The quantitative estimate of drug-likeness (QED) is 0.875. The molecule has 2 aromatic rings. The molecular formula is C13H19ClF3N5. The Morgan fingerprint density at radius 3 is 2.73 bits per heavy atom. The third kappa shape index (κ3) is 5.25. The fourth-order valence-corrected chi connectivity index (χ4v) is 1.83. The number of hydrogen-bond donors (Lipinski definition) is 1. The van der Waals surface area contributed by atoms with E-state index in [0.717, 1.165) is 11.1 Å². The first-order valence-electron chi connectivity index (χ1n) is 6.74. The van der Waals surface area contributed by atoms with Crippen molar-refractivity contribution in [3.05, 3.63) is 30.2 Å². The van der Waals surface area contributed by atoms with Crippen LogP contribution in [0.5, 0.6) is 0 Å². The highest BCUT2D eigenvalue weighted by atomic mass is 35.5. The number of aromatic nitrogens is 4. The zero-order chi connectivity index (χ0) is 15.5. The molecule has 2 aromatic heterocycles. The van der Waals surface area contributed by atoms with Crippen molar-refractivity contribution in [3.63, 3.8) is 0 Å². The Balaban J connectivity index is 0.00000242. The minimum Gasteiger partial charge on any atom is -0.364 e. The number of alkyl halides is 3. The topological polar surface area (TPSA) is 47.7 Å². The number of halogens is 4. The number of nitrogens with zero attached hydrogens (tertiary/aromatic N) is 4. The van der Waals surface area contributed by atoms with E-state index in [-0.39, 0.29) is 12.4 Å². The summed E-state index contributed by atoms with van der Waals surface area (Å²) in [7, 11) is 0. The average Bonchev–Trinajstić information content (AvgIpc) is 3.02. The summed E-state index contributed by atoms with van der Waals surface area (Å²) in [6, 6.07) is 2.15. The lowest BCUT2D eigenvalue weighted by Crippen LogP contribution is -2.17. The lowest BCUT2D eigenvalue weighted by Gasteiger charge is -2.08. The Kier molecular flexibility index (Phi) is 6.28. The molecule has 22 heavy (non-hydrogen) atoms. The van der Waals surface area contributed by atoms with E-state index in [1.807, 2.05) is 16.9 Å². The van der Waals surface area contributed by atoms with E-state index in [1.54, 1.807) is 0 Å². The second-order valence-corrected chi connectivity index (χ2v) is 4.95. The highest BCUT2D eigenvalue weighted by molar-refractivity contribution is 5.85. The maximum absolute atomic E-state index is 12.2. The molecule has 5 nitrogen and oxygen atoms in total. The molecule has 0 radical (unpaired) electrons. The van der Waals surface area contributed by atoms with Gasteiger partial charge in [-0.15, -0.1) is 12.4 Å². The molecule has 1 atom stereocenters. The third-order valence-corrected chi connectivity index (χ3v) is 3.15. The van der Waals surface area contributed by atoms with E-state index in [0.29, 0.717) is 24.0 Å². The first-order chi connectivity index (χ1) is 9.87. The Morgan fingerprint density at radius 2 is 2.09 bits per heavy atom. The van der Waals surface area contributed by atoms with Crippen molar-refractivity contribution in [2.45, 2.75) is 45.6 Å². The van der Waals surface area contributed by atoms with E-state index in [9.17, 15) is 13.2 Å². The van der Waals surface area contributed by atoms with Gasteiger partial charge in [0.05, 0.1) is 6.20 Å². The molecule has 0 aliphatic heterocycles. The van der Waals surface area contributed by atoms with Crippen molar-refractivity contribution >= 4 is 18.2 Å². The second kappa shape index (κ2) is 7.53. The Bertz CT molecular complexity index is 578. The van der Waals surface area contributed by atoms with E-state index < -0.39 is 12.7 Å². The molecule has 0 aliphatic carbocycles. The van der Waals surface area contributed by atoms with Gasteiger partial charge >= 0.3 is 6.18 Å². The molecule has 0 fully saturated rings. The van der Waals surface area contributed by atoms with Gasteiger partial charge in [-0.1, -0.05) is 6.92 Å².